The minimum Gasteiger partial charge on any atom is -0.497 e. The molecular weight excluding hydrogens is 214 g/mol. The van der Waals surface area contributed by atoms with Crippen molar-refractivity contribution < 1.29 is 9.47 Å². The van der Waals surface area contributed by atoms with Crippen LogP contribution in [-0.4, -0.2) is 38.3 Å². The van der Waals surface area contributed by atoms with Gasteiger partial charge in [-0.1, -0.05) is 6.92 Å². The van der Waals surface area contributed by atoms with E-state index in [1.807, 2.05) is 12.1 Å². The third-order valence-electron chi connectivity index (χ3n) is 3.13. The van der Waals surface area contributed by atoms with Crippen LogP contribution < -0.4 is 9.47 Å². The standard InChI is InChI=1S/C14H21NO2/c1-4-7-15(2)10-13-9-11-8-12(16-3)5-6-14(11)17-13/h5-6,8,13H,4,7,9-10H2,1-3H3. The molecule has 0 bridgehead atoms. The Labute approximate surface area is 103 Å². The van der Waals surface area contributed by atoms with E-state index in [0.29, 0.717) is 0 Å². The van der Waals surface area contributed by atoms with Crippen LogP contribution in [0.25, 0.3) is 0 Å². The zero-order valence-electron chi connectivity index (χ0n) is 10.9. The number of likely N-dealkylation sites (N-methyl/N-ethyl adjacent to an activating group) is 1. The van der Waals surface area contributed by atoms with Crippen LogP contribution in [0, 0.1) is 0 Å². The maximum atomic E-state index is 5.93. The molecule has 0 radical (unpaired) electrons. The molecule has 1 unspecified atom stereocenters. The van der Waals surface area contributed by atoms with Gasteiger partial charge in [0.2, 0.25) is 0 Å². The van der Waals surface area contributed by atoms with Crippen LogP contribution in [0.15, 0.2) is 18.2 Å². The summed E-state index contributed by atoms with van der Waals surface area (Å²) >= 11 is 0. The predicted octanol–water partition coefficient (Wildman–Crippen LogP) is 2.34. The van der Waals surface area contributed by atoms with Gasteiger partial charge in [-0.3, -0.25) is 0 Å². The van der Waals surface area contributed by atoms with Crippen molar-refractivity contribution in [3.63, 3.8) is 0 Å². The number of hydrogen-bond acceptors (Lipinski definition) is 3. The second kappa shape index (κ2) is 5.41. The molecule has 0 aliphatic carbocycles. The lowest BCUT2D eigenvalue weighted by atomic mass is 10.1. The van der Waals surface area contributed by atoms with E-state index in [0.717, 1.165) is 31.0 Å². The fourth-order valence-electron chi connectivity index (χ4n) is 2.35. The molecule has 0 saturated heterocycles. The molecule has 0 N–H and O–H groups in total. The van der Waals surface area contributed by atoms with Gasteiger partial charge in [-0.25, -0.2) is 0 Å². The van der Waals surface area contributed by atoms with Gasteiger partial charge in [0.1, 0.15) is 17.6 Å². The minimum absolute atomic E-state index is 0.286. The average Bonchev–Trinajstić information content (AvgIpc) is 2.69. The lowest BCUT2D eigenvalue weighted by Crippen LogP contribution is -2.32. The fourth-order valence-corrected chi connectivity index (χ4v) is 2.35. The highest BCUT2D eigenvalue weighted by molar-refractivity contribution is 5.43. The SMILES string of the molecule is CCCN(C)CC1Cc2cc(OC)ccc2O1. The Morgan fingerprint density at radius 2 is 2.29 bits per heavy atom. The highest BCUT2D eigenvalue weighted by atomic mass is 16.5. The third-order valence-corrected chi connectivity index (χ3v) is 3.13. The van der Waals surface area contributed by atoms with Gasteiger partial charge in [0.05, 0.1) is 7.11 Å². The van der Waals surface area contributed by atoms with Crippen molar-refractivity contribution in [2.24, 2.45) is 0 Å². The summed E-state index contributed by atoms with van der Waals surface area (Å²) in [6, 6.07) is 6.04. The van der Waals surface area contributed by atoms with Crippen LogP contribution in [0.5, 0.6) is 11.5 Å². The summed E-state index contributed by atoms with van der Waals surface area (Å²) in [5.74, 6) is 1.93. The maximum absolute atomic E-state index is 5.93. The molecule has 3 heteroatoms. The lowest BCUT2D eigenvalue weighted by molar-refractivity contribution is 0.169. The van der Waals surface area contributed by atoms with E-state index in [2.05, 4.69) is 24.9 Å². The van der Waals surface area contributed by atoms with E-state index in [1.54, 1.807) is 7.11 Å². The van der Waals surface area contributed by atoms with E-state index in [9.17, 15) is 0 Å². The van der Waals surface area contributed by atoms with Gasteiger partial charge in [-0.2, -0.15) is 0 Å². The molecule has 3 nitrogen and oxygen atoms in total. The molecule has 0 fully saturated rings. The van der Waals surface area contributed by atoms with Gasteiger partial charge >= 0.3 is 0 Å². The Morgan fingerprint density at radius 3 is 3.00 bits per heavy atom. The van der Waals surface area contributed by atoms with Gasteiger partial charge in [-0.15, -0.1) is 0 Å². The second-order valence-corrected chi connectivity index (χ2v) is 4.68. The molecule has 94 valence electrons. The van der Waals surface area contributed by atoms with Crippen molar-refractivity contribution in [1.82, 2.24) is 4.90 Å². The highest BCUT2D eigenvalue weighted by Gasteiger charge is 2.24. The zero-order valence-corrected chi connectivity index (χ0v) is 10.9. The van der Waals surface area contributed by atoms with Crippen LogP contribution in [0.2, 0.25) is 0 Å². The molecule has 1 heterocycles. The van der Waals surface area contributed by atoms with Crippen LogP contribution in [0.1, 0.15) is 18.9 Å². The van der Waals surface area contributed by atoms with Crippen molar-refractivity contribution in [1.29, 1.82) is 0 Å². The number of rotatable bonds is 5. The molecule has 1 atom stereocenters. The van der Waals surface area contributed by atoms with E-state index in [-0.39, 0.29) is 6.10 Å². The van der Waals surface area contributed by atoms with E-state index in [4.69, 9.17) is 9.47 Å². The van der Waals surface area contributed by atoms with Gasteiger partial charge < -0.3 is 14.4 Å². The summed E-state index contributed by atoms with van der Waals surface area (Å²) in [7, 11) is 3.85. The topological polar surface area (TPSA) is 21.7 Å². The largest absolute Gasteiger partial charge is 0.497 e. The van der Waals surface area contributed by atoms with E-state index >= 15 is 0 Å². The van der Waals surface area contributed by atoms with Gasteiger partial charge in [0.15, 0.2) is 0 Å². The molecule has 0 aromatic heterocycles. The molecule has 1 aromatic carbocycles. The zero-order chi connectivity index (χ0) is 12.3. The third kappa shape index (κ3) is 2.91. The molecule has 1 aliphatic heterocycles. The summed E-state index contributed by atoms with van der Waals surface area (Å²) in [6.07, 6.45) is 2.46. The van der Waals surface area contributed by atoms with Gasteiger partial charge in [0, 0.05) is 18.5 Å². The summed E-state index contributed by atoms with van der Waals surface area (Å²) < 4.78 is 11.2. The molecule has 0 spiro atoms. The van der Waals surface area contributed by atoms with Gasteiger partial charge in [0.25, 0.3) is 0 Å². The summed E-state index contributed by atoms with van der Waals surface area (Å²) in [5.41, 5.74) is 1.26. The second-order valence-electron chi connectivity index (χ2n) is 4.68. The Hall–Kier alpha value is -1.22. The Bertz CT molecular complexity index is 378. The number of benzene rings is 1. The number of nitrogens with zero attached hydrogens (tertiary/aromatic N) is 1. The first-order valence-corrected chi connectivity index (χ1v) is 6.25. The first kappa shape index (κ1) is 12.2. The summed E-state index contributed by atoms with van der Waals surface area (Å²) in [4.78, 5) is 2.33. The quantitative estimate of drug-likeness (QED) is 0.782. The van der Waals surface area contributed by atoms with E-state index in [1.165, 1.54) is 12.0 Å². The molecule has 1 aliphatic rings. The summed E-state index contributed by atoms with van der Waals surface area (Å²) in [6.45, 7) is 4.32. The number of fused-ring (bicyclic) bond motifs is 1. The monoisotopic (exact) mass is 235 g/mol. The van der Waals surface area contributed by atoms with Gasteiger partial charge in [-0.05, 0) is 38.2 Å². The van der Waals surface area contributed by atoms with Crippen molar-refractivity contribution in [3.05, 3.63) is 23.8 Å². The minimum atomic E-state index is 0.286. The number of methoxy groups -OCH3 is 1. The first-order valence-electron chi connectivity index (χ1n) is 6.25. The van der Waals surface area contributed by atoms with Crippen LogP contribution in [0.4, 0.5) is 0 Å². The fraction of sp³-hybridized carbons (Fsp3) is 0.571. The first-order chi connectivity index (χ1) is 8.22. The Morgan fingerprint density at radius 1 is 1.47 bits per heavy atom. The van der Waals surface area contributed by atoms with E-state index < -0.39 is 0 Å². The van der Waals surface area contributed by atoms with Crippen molar-refractivity contribution in [2.45, 2.75) is 25.9 Å². The average molecular weight is 235 g/mol. The van der Waals surface area contributed by atoms with Crippen LogP contribution in [0.3, 0.4) is 0 Å². The predicted molar refractivity (Wildman–Crippen MR) is 68.9 cm³/mol. The number of hydrogen-bond donors (Lipinski definition) is 0. The Balaban J connectivity index is 1.96. The maximum Gasteiger partial charge on any atom is 0.123 e. The summed E-state index contributed by atoms with van der Waals surface area (Å²) in [5, 5.41) is 0. The van der Waals surface area contributed by atoms with Crippen molar-refractivity contribution in [2.75, 3.05) is 27.2 Å². The molecule has 17 heavy (non-hydrogen) atoms. The van der Waals surface area contributed by atoms with Crippen LogP contribution in [-0.2, 0) is 6.42 Å². The smallest absolute Gasteiger partial charge is 0.123 e. The normalized spacial score (nSPS) is 18.0. The molecule has 0 saturated carbocycles. The molecule has 1 aromatic rings. The van der Waals surface area contributed by atoms with Crippen molar-refractivity contribution in [3.8, 4) is 11.5 Å². The Kier molecular flexibility index (Phi) is 3.89. The van der Waals surface area contributed by atoms with Crippen LogP contribution >= 0.6 is 0 Å². The lowest BCUT2D eigenvalue weighted by Gasteiger charge is -2.19. The number of ether oxygens (including phenoxy) is 2. The molecule has 0 amide bonds. The molecular formula is C14H21NO2. The highest BCUT2D eigenvalue weighted by Crippen LogP contribution is 2.32. The van der Waals surface area contributed by atoms with Crippen molar-refractivity contribution >= 4 is 0 Å². The molecule has 2 rings (SSSR count).